The lowest BCUT2D eigenvalue weighted by atomic mass is 9.84. The van der Waals surface area contributed by atoms with Crippen LogP contribution in [0.25, 0.3) is 0 Å². The van der Waals surface area contributed by atoms with Crippen LogP contribution in [0.2, 0.25) is 0 Å². The van der Waals surface area contributed by atoms with E-state index in [1.165, 1.54) is 0 Å². The molecule has 2 aromatic heterocycles. The van der Waals surface area contributed by atoms with Crippen LogP contribution in [0.15, 0.2) is 24.5 Å². The van der Waals surface area contributed by atoms with Gasteiger partial charge in [-0.1, -0.05) is 12.5 Å². The zero-order valence-corrected chi connectivity index (χ0v) is 18.8. The number of amides is 1. The topological polar surface area (TPSA) is 81.5 Å². The van der Waals surface area contributed by atoms with Gasteiger partial charge in [0.1, 0.15) is 5.69 Å². The van der Waals surface area contributed by atoms with E-state index in [9.17, 15) is 14.4 Å². The minimum atomic E-state index is -0.429. The maximum absolute atomic E-state index is 13.4. The van der Waals surface area contributed by atoms with E-state index in [-0.39, 0.29) is 30.8 Å². The first-order chi connectivity index (χ1) is 14.9. The molecule has 1 amide bonds. The summed E-state index contributed by atoms with van der Waals surface area (Å²) in [5.74, 6) is -0.590. The summed E-state index contributed by atoms with van der Waals surface area (Å²) in [6, 6.07) is 3.73. The molecule has 1 saturated carbocycles. The molecule has 166 valence electrons. The maximum Gasteiger partial charge on any atom is 0.355 e. The predicted octanol–water partition coefficient (Wildman–Crippen LogP) is 3.71. The fraction of sp³-hybridized carbons (Fsp3) is 0.500. The Morgan fingerprint density at radius 2 is 1.97 bits per heavy atom. The fourth-order valence-corrected chi connectivity index (χ4v) is 4.25. The number of Topliss-reactive ketones (excluding diaryl/α,β-unsaturated/α-hetero) is 1. The van der Waals surface area contributed by atoms with Crippen molar-refractivity contribution in [3.05, 3.63) is 52.6 Å². The van der Waals surface area contributed by atoms with Gasteiger partial charge < -0.3 is 14.2 Å². The van der Waals surface area contributed by atoms with Crippen molar-refractivity contribution in [1.29, 1.82) is 0 Å². The average Bonchev–Trinajstić information content (AvgIpc) is 2.96. The second-order valence-electron chi connectivity index (χ2n) is 8.01. The van der Waals surface area contributed by atoms with Gasteiger partial charge in [-0.25, -0.2) is 4.79 Å². The monoisotopic (exact) mass is 425 g/mol. The van der Waals surface area contributed by atoms with Crippen LogP contribution in [0.5, 0.6) is 0 Å². The van der Waals surface area contributed by atoms with Crippen molar-refractivity contribution in [3.63, 3.8) is 0 Å². The molecule has 0 unspecified atom stereocenters. The van der Waals surface area contributed by atoms with Gasteiger partial charge in [-0.3, -0.25) is 14.6 Å². The highest BCUT2D eigenvalue weighted by Crippen LogP contribution is 2.30. The molecule has 0 bridgehead atoms. The molecule has 0 spiro atoms. The lowest BCUT2D eigenvalue weighted by Gasteiger charge is -2.31. The number of hydrogen-bond donors (Lipinski definition) is 0. The molecule has 2 aromatic rings. The van der Waals surface area contributed by atoms with Gasteiger partial charge in [0.15, 0.2) is 5.78 Å². The predicted molar refractivity (Wildman–Crippen MR) is 117 cm³/mol. The van der Waals surface area contributed by atoms with Gasteiger partial charge in [0.2, 0.25) is 5.91 Å². The van der Waals surface area contributed by atoms with E-state index in [1.54, 1.807) is 31.1 Å². The molecular formula is C24H31N3O4. The van der Waals surface area contributed by atoms with E-state index in [1.807, 2.05) is 30.5 Å². The molecule has 0 saturated heterocycles. The Kier molecular flexibility index (Phi) is 7.25. The lowest BCUT2D eigenvalue weighted by molar-refractivity contribution is -0.138. The van der Waals surface area contributed by atoms with E-state index in [0.29, 0.717) is 29.9 Å². The summed E-state index contributed by atoms with van der Waals surface area (Å²) in [5, 5.41) is 0. The Hall–Kier alpha value is -2.96. The highest BCUT2D eigenvalue weighted by atomic mass is 16.5. The Bertz CT molecular complexity index is 961. The third kappa shape index (κ3) is 4.70. The number of hydrogen-bond acceptors (Lipinski definition) is 5. The van der Waals surface area contributed by atoms with Crippen molar-refractivity contribution in [1.82, 2.24) is 14.5 Å². The molecule has 2 heterocycles. The molecule has 7 nitrogen and oxygen atoms in total. The Morgan fingerprint density at radius 1 is 1.23 bits per heavy atom. The molecule has 1 aliphatic rings. The maximum atomic E-state index is 13.4. The van der Waals surface area contributed by atoms with E-state index in [4.69, 9.17) is 4.74 Å². The van der Waals surface area contributed by atoms with Crippen molar-refractivity contribution in [3.8, 4) is 0 Å². The van der Waals surface area contributed by atoms with Crippen molar-refractivity contribution >= 4 is 17.7 Å². The summed E-state index contributed by atoms with van der Waals surface area (Å²) in [7, 11) is 0. The molecule has 0 atom stereocenters. The smallest absolute Gasteiger partial charge is 0.355 e. The number of aromatic nitrogens is 2. The van der Waals surface area contributed by atoms with Crippen LogP contribution in [0, 0.1) is 19.8 Å². The van der Waals surface area contributed by atoms with Gasteiger partial charge in [0, 0.05) is 42.7 Å². The van der Waals surface area contributed by atoms with Crippen LogP contribution in [0.1, 0.15) is 70.8 Å². The second-order valence-corrected chi connectivity index (χ2v) is 8.01. The molecule has 7 heteroatoms. The number of pyridine rings is 1. The van der Waals surface area contributed by atoms with Gasteiger partial charge in [-0.05, 0) is 57.7 Å². The van der Waals surface area contributed by atoms with Crippen LogP contribution in [0.3, 0.4) is 0 Å². The number of carbonyl (C=O) groups is 3. The summed E-state index contributed by atoms with van der Waals surface area (Å²) in [5.41, 5.74) is 3.14. The van der Waals surface area contributed by atoms with E-state index < -0.39 is 5.97 Å². The molecule has 31 heavy (non-hydrogen) atoms. The van der Waals surface area contributed by atoms with Crippen LogP contribution in [-0.4, -0.2) is 45.3 Å². The van der Waals surface area contributed by atoms with Gasteiger partial charge in [0.05, 0.1) is 13.2 Å². The highest BCUT2D eigenvalue weighted by Gasteiger charge is 2.32. The number of esters is 1. The number of carbonyl (C=O) groups excluding carboxylic acids is 3. The van der Waals surface area contributed by atoms with Crippen LogP contribution in [0.4, 0.5) is 0 Å². The first-order valence-corrected chi connectivity index (χ1v) is 11.0. The van der Waals surface area contributed by atoms with Crippen molar-refractivity contribution < 1.29 is 19.1 Å². The van der Waals surface area contributed by atoms with Crippen LogP contribution in [-0.2, 0) is 22.6 Å². The molecule has 1 fully saturated rings. The zero-order valence-electron chi connectivity index (χ0n) is 18.8. The van der Waals surface area contributed by atoms with Gasteiger partial charge >= 0.3 is 5.97 Å². The number of rotatable bonds is 9. The largest absolute Gasteiger partial charge is 0.461 e. The highest BCUT2D eigenvalue weighted by molar-refractivity contribution is 6.04. The van der Waals surface area contributed by atoms with E-state index >= 15 is 0 Å². The Morgan fingerprint density at radius 3 is 2.52 bits per heavy atom. The van der Waals surface area contributed by atoms with Crippen molar-refractivity contribution in [2.24, 2.45) is 5.92 Å². The van der Waals surface area contributed by atoms with Gasteiger partial charge in [-0.15, -0.1) is 0 Å². The molecule has 1 aliphatic carbocycles. The van der Waals surface area contributed by atoms with Crippen molar-refractivity contribution in [2.75, 3.05) is 13.2 Å². The van der Waals surface area contributed by atoms with E-state index in [0.717, 1.165) is 30.5 Å². The molecular weight excluding hydrogens is 394 g/mol. The van der Waals surface area contributed by atoms with E-state index in [2.05, 4.69) is 4.98 Å². The van der Waals surface area contributed by atoms with Crippen LogP contribution >= 0.6 is 0 Å². The minimum Gasteiger partial charge on any atom is -0.461 e. The lowest BCUT2D eigenvalue weighted by Crippen LogP contribution is -2.41. The third-order valence-electron chi connectivity index (χ3n) is 6.03. The number of nitrogens with zero attached hydrogens (tertiary/aromatic N) is 3. The second kappa shape index (κ2) is 9.90. The van der Waals surface area contributed by atoms with Gasteiger partial charge in [0.25, 0.3) is 0 Å². The average molecular weight is 426 g/mol. The fourth-order valence-electron chi connectivity index (χ4n) is 4.25. The minimum absolute atomic E-state index is 0.0120. The van der Waals surface area contributed by atoms with Crippen LogP contribution < -0.4 is 0 Å². The summed E-state index contributed by atoms with van der Waals surface area (Å²) in [6.07, 6.45) is 6.19. The molecule has 0 aromatic carbocycles. The normalized spacial score (nSPS) is 13.5. The quantitative estimate of drug-likeness (QED) is 0.452. The number of ether oxygens (including phenoxy) is 1. The zero-order chi connectivity index (χ0) is 22.5. The van der Waals surface area contributed by atoms with Crippen molar-refractivity contribution in [2.45, 2.75) is 60.0 Å². The third-order valence-corrected chi connectivity index (χ3v) is 6.03. The summed E-state index contributed by atoms with van der Waals surface area (Å²) in [4.78, 5) is 44.7. The molecule has 0 radical (unpaired) electrons. The first kappa shape index (κ1) is 22.7. The summed E-state index contributed by atoms with van der Waals surface area (Å²) < 4.78 is 7.03. The molecule has 3 rings (SSSR count). The summed E-state index contributed by atoms with van der Waals surface area (Å²) >= 11 is 0. The Labute approximate surface area is 183 Å². The number of ketones is 1. The molecule has 0 aliphatic heterocycles. The Balaban J connectivity index is 1.90. The standard InChI is InChI=1S/C24H31N3O4/c1-5-27-17(4)21(16(3)22(27)24(30)31-6-2)20(28)15-26(23(29)19-10-7-11-19)14-18-9-8-12-25-13-18/h8-9,12-13,19H,5-7,10-11,14-15H2,1-4H3. The van der Waals surface area contributed by atoms with Gasteiger partial charge in [-0.2, -0.15) is 0 Å². The molecule has 0 N–H and O–H groups in total. The SMILES string of the molecule is CCOC(=O)c1c(C)c(C(=O)CN(Cc2cccnc2)C(=O)C2CCC2)c(C)n1CC. The summed E-state index contributed by atoms with van der Waals surface area (Å²) in [6.45, 7) is 8.43. The first-order valence-electron chi connectivity index (χ1n) is 11.0.